The van der Waals surface area contributed by atoms with Gasteiger partial charge < -0.3 is 5.11 Å². The molecule has 0 amide bonds. The van der Waals surface area contributed by atoms with E-state index in [2.05, 4.69) is 39.6 Å². The van der Waals surface area contributed by atoms with E-state index in [1.165, 1.54) is 0 Å². The van der Waals surface area contributed by atoms with Gasteiger partial charge in [-0.25, -0.2) is 4.79 Å². The van der Waals surface area contributed by atoms with Gasteiger partial charge in [0.15, 0.2) is 0 Å². The number of hydrogen-bond donors (Lipinski definition) is 1. The SMILES string of the molecule is CC(C)N1CCN(Cc2cc(C(=O)O)ccc2Br)CC1. The molecule has 0 atom stereocenters. The molecule has 2 rings (SSSR count). The van der Waals surface area contributed by atoms with Crippen LogP contribution in [0.5, 0.6) is 0 Å². The zero-order valence-electron chi connectivity index (χ0n) is 12.0. The molecular formula is C15H21BrN2O2. The lowest BCUT2D eigenvalue weighted by atomic mass is 10.1. The van der Waals surface area contributed by atoms with Crippen molar-refractivity contribution < 1.29 is 9.90 Å². The Labute approximate surface area is 128 Å². The summed E-state index contributed by atoms with van der Waals surface area (Å²) in [5.74, 6) is -0.872. The van der Waals surface area contributed by atoms with E-state index in [4.69, 9.17) is 5.11 Å². The van der Waals surface area contributed by atoms with Crippen molar-refractivity contribution in [3.8, 4) is 0 Å². The first-order valence-electron chi connectivity index (χ1n) is 6.95. The number of rotatable bonds is 4. The molecule has 1 aliphatic heterocycles. The Morgan fingerprint density at radius 3 is 2.50 bits per heavy atom. The molecule has 1 aromatic rings. The summed E-state index contributed by atoms with van der Waals surface area (Å²) in [6.07, 6.45) is 0. The number of carboxylic acids is 1. The van der Waals surface area contributed by atoms with Gasteiger partial charge in [0, 0.05) is 43.2 Å². The minimum Gasteiger partial charge on any atom is -0.478 e. The largest absolute Gasteiger partial charge is 0.478 e. The normalized spacial score (nSPS) is 17.6. The van der Waals surface area contributed by atoms with Gasteiger partial charge in [-0.3, -0.25) is 9.80 Å². The number of aromatic carboxylic acids is 1. The number of carbonyl (C=O) groups is 1. The van der Waals surface area contributed by atoms with Crippen LogP contribution >= 0.6 is 15.9 Å². The Morgan fingerprint density at radius 2 is 1.95 bits per heavy atom. The van der Waals surface area contributed by atoms with Gasteiger partial charge in [-0.05, 0) is 37.6 Å². The highest BCUT2D eigenvalue weighted by molar-refractivity contribution is 9.10. The van der Waals surface area contributed by atoms with Crippen LogP contribution in [0.15, 0.2) is 22.7 Å². The van der Waals surface area contributed by atoms with Gasteiger partial charge in [-0.1, -0.05) is 15.9 Å². The van der Waals surface area contributed by atoms with Crippen molar-refractivity contribution in [2.45, 2.75) is 26.4 Å². The van der Waals surface area contributed by atoms with Crippen molar-refractivity contribution in [2.75, 3.05) is 26.2 Å². The molecule has 4 nitrogen and oxygen atoms in total. The minimum absolute atomic E-state index is 0.351. The van der Waals surface area contributed by atoms with Gasteiger partial charge >= 0.3 is 5.97 Å². The van der Waals surface area contributed by atoms with E-state index < -0.39 is 5.97 Å². The van der Waals surface area contributed by atoms with Crippen LogP contribution in [0.3, 0.4) is 0 Å². The van der Waals surface area contributed by atoms with Crippen LogP contribution in [-0.2, 0) is 6.54 Å². The molecule has 1 N–H and O–H groups in total. The first kappa shape index (κ1) is 15.5. The van der Waals surface area contributed by atoms with E-state index in [9.17, 15) is 4.79 Å². The zero-order chi connectivity index (χ0) is 14.7. The number of carboxylic acid groups (broad SMARTS) is 1. The highest BCUT2D eigenvalue weighted by Gasteiger charge is 2.19. The van der Waals surface area contributed by atoms with E-state index in [0.29, 0.717) is 11.6 Å². The van der Waals surface area contributed by atoms with E-state index in [1.54, 1.807) is 12.1 Å². The standard InChI is InChI=1S/C15H21BrN2O2/c1-11(2)18-7-5-17(6-8-18)10-13-9-12(15(19)20)3-4-14(13)16/h3-4,9,11H,5-8,10H2,1-2H3,(H,19,20). The number of nitrogens with zero attached hydrogens (tertiary/aromatic N) is 2. The second kappa shape index (κ2) is 6.70. The number of piperazine rings is 1. The summed E-state index contributed by atoms with van der Waals surface area (Å²) >= 11 is 3.51. The topological polar surface area (TPSA) is 43.8 Å². The molecule has 0 unspecified atom stereocenters. The average molecular weight is 341 g/mol. The third-order valence-corrected chi connectivity index (χ3v) is 4.60. The van der Waals surface area contributed by atoms with Gasteiger partial charge in [0.1, 0.15) is 0 Å². The summed E-state index contributed by atoms with van der Waals surface area (Å²) in [6.45, 7) is 9.46. The fraction of sp³-hybridized carbons (Fsp3) is 0.533. The van der Waals surface area contributed by atoms with E-state index in [1.807, 2.05) is 6.07 Å². The average Bonchev–Trinajstić information content (AvgIpc) is 2.41. The maximum absolute atomic E-state index is 11.0. The molecule has 0 aromatic heterocycles. The van der Waals surface area contributed by atoms with Crippen molar-refractivity contribution in [1.29, 1.82) is 0 Å². The maximum atomic E-state index is 11.0. The molecule has 0 aliphatic carbocycles. The first-order chi connectivity index (χ1) is 9.47. The van der Waals surface area contributed by atoms with Crippen LogP contribution in [-0.4, -0.2) is 53.1 Å². The van der Waals surface area contributed by atoms with E-state index in [-0.39, 0.29) is 0 Å². The molecule has 0 spiro atoms. The molecule has 5 heteroatoms. The van der Waals surface area contributed by atoms with Gasteiger partial charge in [0.2, 0.25) is 0 Å². The van der Waals surface area contributed by atoms with Crippen molar-refractivity contribution in [3.63, 3.8) is 0 Å². The minimum atomic E-state index is -0.872. The number of benzene rings is 1. The monoisotopic (exact) mass is 340 g/mol. The number of hydrogen-bond acceptors (Lipinski definition) is 3. The molecular weight excluding hydrogens is 320 g/mol. The third kappa shape index (κ3) is 3.81. The van der Waals surface area contributed by atoms with Crippen LogP contribution in [0.25, 0.3) is 0 Å². The molecule has 0 bridgehead atoms. The number of halogens is 1. The lowest BCUT2D eigenvalue weighted by molar-refractivity contribution is 0.0696. The smallest absolute Gasteiger partial charge is 0.335 e. The highest BCUT2D eigenvalue weighted by atomic mass is 79.9. The predicted molar refractivity (Wildman–Crippen MR) is 83.1 cm³/mol. The van der Waals surface area contributed by atoms with Crippen LogP contribution in [0.1, 0.15) is 29.8 Å². The van der Waals surface area contributed by atoms with Gasteiger partial charge in [0.25, 0.3) is 0 Å². The highest BCUT2D eigenvalue weighted by Crippen LogP contribution is 2.21. The molecule has 1 aliphatic rings. The summed E-state index contributed by atoms with van der Waals surface area (Å²) in [6, 6.07) is 5.82. The Morgan fingerprint density at radius 1 is 1.30 bits per heavy atom. The van der Waals surface area contributed by atoms with Crippen LogP contribution < -0.4 is 0 Å². The molecule has 110 valence electrons. The van der Waals surface area contributed by atoms with Crippen LogP contribution in [0.4, 0.5) is 0 Å². The molecule has 1 heterocycles. The second-order valence-corrected chi connectivity index (χ2v) is 6.37. The van der Waals surface area contributed by atoms with Gasteiger partial charge in [-0.2, -0.15) is 0 Å². The molecule has 0 radical (unpaired) electrons. The summed E-state index contributed by atoms with van der Waals surface area (Å²) in [5, 5.41) is 9.07. The van der Waals surface area contributed by atoms with Crippen molar-refractivity contribution in [1.82, 2.24) is 9.80 Å². The van der Waals surface area contributed by atoms with Crippen molar-refractivity contribution >= 4 is 21.9 Å². The Balaban J connectivity index is 2.00. The molecule has 20 heavy (non-hydrogen) atoms. The van der Waals surface area contributed by atoms with Crippen LogP contribution in [0, 0.1) is 0 Å². The van der Waals surface area contributed by atoms with Crippen LogP contribution in [0.2, 0.25) is 0 Å². The Hall–Kier alpha value is -0.910. The fourth-order valence-corrected chi connectivity index (χ4v) is 2.88. The molecule has 1 aromatic carbocycles. The van der Waals surface area contributed by atoms with E-state index in [0.717, 1.165) is 42.8 Å². The summed E-state index contributed by atoms with van der Waals surface area (Å²) in [5.41, 5.74) is 1.40. The summed E-state index contributed by atoms with van der Waals surface area (Å²) in [7, 11) is 0. The van der Waals surface area contributed by atoms with Gasteiger partial charge in [-0.15, -0.1) is 0 Å². The van der Waals surface area contributed by atoms with Gasteiger partial charge in [0.05, 0.1) is 5.56 Å². The van der Waals surface area contributed by atoms with Crippen molar-refractivity contribution in [3.05, 3.63) is 33.8 Å². The molecule has 1 saturated heterocycles. The quantitative estimate of drug-likeness (QED) is 0.915. The lowest BCUT2D eigenvalue weighted by Gasteiger charge is -2.37. The van der Waals surface area contributed by atoms with Crippen molar-refractivity contribution in [2.24, 2.45) is 0 Å². The molecule has 1 fully saturated rings. The third-order valence-electron chi connectivity index (χ3n) is 3.82. The maximum Gasteiger partial charge on any atom is 0.335 e. The Kier molecular flexibility index (Phi) is 5.18. The van der Waals surface area contributed by atoms with E-state index >= 15 is 0 Å². The summed E-state index contributed by atoms with van der Waals surface area (Å²) < 4.78 is 0.980. The lowest BCUT2D eigenvalue weighted by Crippen LogP contribution is -2.48. The Bertz CT molecular complexity index is 483. The second-order valence-electron chi connectivity index (χ2n) is 5.52. The first-order valence-corrected chi connectivity index (χ1v) is 7.75. The fourth-order valence-electron chi connectivity index (χ4n) is 2.51. The zero-order valence-corrected chi connectivity index (χ0v) is 13.6. The summed E-state index contributed by atoms with van der Waals surface area (Å²) in [4.78, 5) is 15.9. The molecule has 0 saturated carbocycles. The predicted octanol–water partition coefficient (Wildman–Crippen LogP) is 2.67.